The van der Waals surface area contributed by atoms with Crippen LogP contribution in [0.4, 0.5) is 0 Å². The molecule has 3 aliphatic carbocycles. The van der Waals surface area contributed by atoms with Gasteiger partial charge in [-0.1, -0.05) is 23.8 Å². The Morgan fingerprint density at radius 3 is 2.47 bits per heavy atom. The van der Waals surface area contributed by atoms with Gasteiger partial charge in [-0.2, -0.15) is 0 Å². The Kier molecular flexibility index (Phi) is 2.55. The highest BCUT2D eigenvalue weighted by Gasteiger charge is 2.71. The number of carbonyl (C=O) groups excluding carboxylic acids is 1. The minimum Gasteiger partial charge on any atom is -0.468 e. The fourth-order valence-electron chi connectivity index (χ4n) is 4.27. The molecule has 102 valence electrons. The van der Waals surface area contributed by atoms with E-state index in [1.807, 2.05) is 0 Å². The predicted molar refractivity (Wildman–Crippen MR) is 73.9 cm³/mol. The van der Waals surface area contributed by atoms with Crippen molar-refractivity contribution in [1.82, 2.24) is 0 Å². The Balaban J connectivity index is 1.78. The highest BCUT2D eigenvalue weighted by molar-refractivity contribution is 5.78. The first-order valence-corrected chi connectivity index (χ1v) is 6.84. The monoisotopic (exact) mass is 259 g/mol. The molecule has 0 saturated heterocycles. The molecule has 4 rings (SSSR count). The number of methoxy groups -OCH3 is 1. The zero-order valence-corrected chi connectivity index (χ0v) is 11.8. The van der Waals surface area contributed by atoms with Crippen LogP contribution in [0.15, 0.2) is 18.2 Å². The van der Waals surface area contributed by atoms with Crippen molar-refractivity contribution in [2.24, 2.45) is 11.1 Å². The van der Waals surface area contributed by atoms with Crippen molar-refractivity contribution in [1.29, 1.82) is 0 Å². The molecule has 0 heterocycles. The molecule has 2 bridgehead atoms. The van der Waals surface area contributed by atoms with E-state index in [-0.39, 0.29) is 16.8 Å². The van der Waals surface area contributed by atoms with Gasteiger partial charge in [-0.05, 0) is 55.1 Å². The van der Waals surface area contributed by atoms with Crippen molar-refractivity contribution in [2.75, 3.05) is 7.11 Å². The zero-order valence-electron chi connectivity index (χ0n) is 11.8. The molecule has 0 amide bonds. The number of benzene rings is 1. The maximum atomic E-state index is 11.6. The molecule has 3 nitrogen and oxygen atoms in total. The molecular formula is C16H21NO2. The van der Waals surface area contributed by atoms with Gasteiger partial charge in [0.05, 0.1) is 7.11 Å². The van der Waals surface area contributed by atoms with Crippen molar-refractivity contribution in [3.63, 3.8) is 0 Å². The summed E-state index contributed by atoms with van der Waals surface area (Å²) >= 11 is 0. The van der Waals surface area contributed by atoms with Gasteiger partial charge in [0.1, 0.15) is 6.04 Å². The summed E-state index contributed by atoms with van der Waals surface area (Å²) < 4.78 is 4.77. The summed E-state index contributed by atoms with van der Waals surface area (Å²) in [6.07, 6.45) is 3.08. The number of hydrogen-bond acceptors (Lipinski definition) is 3. The summed E-state index contributed by atoms with van der Waals surface area (Å²) in [5, 5.41) is 0. The Morgan fingerprint density at radius 2 is 1.95 bits per heavy atom. The van der Waals surface area contributed by atoms with Crippen LogP contribution in [-0.2, 0) is 14.9 Å². The molecule has 2 N–H and O–H groups in total. The topological polar surface area (TPSA) is 52.3 Å². The van der Waals surface area contributed by atoms with Gasteiger partial charge in [-0.15, -0.1) is 0 Å². The number of rotatable bonds is 3. The number of esters is 1. The van der Waals surface area contributed by atoms with E-state index < -0.39 is 6.04 Å². The minimum atomic E-state index is -0.454. The molecule has 1 aromatic carbocycles. The van der Waals surface area contributed by atoms with Crippen LogP contribution >= 0.6 is 0 Å². The summed E-state index contributed by atoms with van der Waals surface area (Å²) in [6.45, 7) is 4.29. The summed E-state index contributed by atoms with van der Waals surface area (Å²) in [5.41, 5.74) is 10.4. The lowest BCUT2D eigenvalue weighted by molar-refractivity contribution is -0.181. The number of ether oxygens (including phenoxy) is 1. The van der Waals surface area contributed by atoms with E-state index in [2.05, 4.69) is 32.0 Å². The zero-order chi connectivity index (χ0) is 13.8. The van der Waals surface area contributed by atoms with E-state index in [9.17, 15) is 4.79 Å². The van der Waals surface area contributed by atoms with Gasteiger partial charge in [-0.25, -0.2) is 0 Å². The second kappa shape index (κ2) is 3.83. The van der Waals surface area contributed by atoms with Gasteiger partial charge >= 0.3 is 5.97 Å². The summed E-state index contributed by atoms with van der Waals surface area (Å²) in [6, 6.07) is 6.21. The van der Waals surface area contributed by atoms with Crippen molar-refractivity contribution in [3.8, 4) is 0 Å². The van der Waals surface area contributed by atoms with Crippen molar-refractivity contribution < 1.29 is 9.53 Å². The van der Waals surface area contributed by atoms with Gasteiger partial charge in [0.25, 0.3) is 0 Å². The SMILES string of the molecule is COC(=O)C(N)C12CC(c3ccc(C)cc3C)(C1)C2. The van der Waals surface area contributed by atoms with Crippen LogP contribution < -0.4 is 5.73 Å². The van der Waals surface area contributed by atoms with E-state index >= 15 is 0 Å². The highest BCUT2D eigenvalue weighted by Crippen LogP contribution is 2.75. The standard InChI is InChI=1S/C16H21NO2/c1-10-4-5-12(11(2)6-10)15-7-16(8-15,9-15)13(17)14(18)19-3/h4-6,13H,7-9,17H2,1-3H3. The van der Waals surface area contributed by atoms with Crippen molar-refractivity contribution in [3.05, 3.63) is 34.9 Å². The first kappa shape index (κ1) is 12.7. The minimum absolute atomic E-state index is 0.00438. The van der Waals surface area contributed by atoms with Gasteiger partial charge in [-0.3, -0.25) is 4.79 Å². The number of carbonyl (C=O) groups is 1. The van der Waals surface area contributed by atoms with E-state index in [0.717, 1.165) is 19.3 Å². The Bertz CT molecular complexity index is 530. The van der Waals surface area contributed by atoms with E-state index in [4.69, 9.17) is 10.5 Å². The number of hydrogen-bond donors (Lipinski definition) is 1. The highest BCUT2D eigenvalue weighted by atomic mass is 16.5. The molecular weight excluding hydrogens is 238 g/mol. The van der Waals surface area contributed by atoms with Crippen molar-refractivity contribution in [2.45, 2.75) is 44.6 Å². The van der Waals surface area contributed by atoms with E-state index in [0.29, 0.717) is 0 Å². The first-order chi connectivity index (χ1) is 8.92. The molecule has 0 aromatic heterocycles. The second-order valence-corrected chi connectivity index (χ2v) is 6.49. The van der Waals surface area contributed by atoms with Crippen molar-refractivity contribution >= 4 is 5.97 Å². The fourth-order valence-corrected chi connectivity index (χ4v) is 4.27. The first-order valence-electron chi connectivity index (χ1n) is 6.84. The van der Waals surface area contributed by atoms with Gasteiger partial charge < -0.3 is 10.5 Å². The molecule has 0 aliphatic heterocycles. The third kappa shape index (κ3) is 1.57. The average Bonchev–Trinajstić information content (AvgIpc) is 2.27. The molecule has 19 heavy (non-hydrogen) atoms. The molecule has 3 heteroatoms. The van der Waals surface area contributed by atoms with E-state index in [1.54, 1.807) is 0 Å². The molecule has 3 saturated carbocycles. The average molecular weight is 259 g/mol. The smallest absolute Gasteiger partial charge is 0.323 e. The Labute approximate surface area is 114 Å². The molecule has 1 unspecified atom stereocenters. The summed E-state index contributed by atoms with van der Waals surface area (Å²) in [7, 11) is 1.41. The van der Waals surface area contributed by atoms with Crippen LogP contribution in [-0.4, -0.2) is 19.1 Å². The lowest BCUT2D eigenvalue weighted by Gasteiger charge is -2.72. The number of nitrogens with two attached hydrogens (primary N) is 1. The van der Waals surface area contributed by atoms with Crippen LogP contribution in [0.1, 0.15) is 36.0 Å². The molecule has 1 atom stereocenters. The largest absolute Gasteiger partial charge is 0.468 e. The lowest BCUT2D eigenvalue weighted by Crippen LogP contribution is -2.72. The third-order valence-electron chi connectivity index (χ3n) is 5.14. The second-order valence-electron chi connectivity index (χ2n) is 6.49. The lowest BCUT2D eigenvalue weighted by atomic mass is 9.31. The number of aryl methyl sites for hydroxylation is 2. The predicted octanol–water partition coefficient (Wildman–Crippen LogP) is 2.23. The molecule has 0 spiro atoms. The Hall–Kier alpha value is -1.35. The summed E-state index contributed by atoms with van der Waals surface area (Å²) in [4.78, 5) is 11.6. The maximum absolute atomic E-state index is 11.6. The van der Waals surface area contributed by atoms with Gasteiger partial charge in [0, 0.05) is 0 Å². The van der Waals surface area contributed by atoms with Crippen LogP contribution in [0.25, 0.3) is 0 Å². The molecule has 3 fully saturated rings. The third-order valence-corrected chi connectivity index (χ3v) is 5.14. The fraction of sp³-hybridized carbons (Fsp3) is 0.562. The normalized spacial score (nSPS) is 33.1. The van der Waals surface area contributed by atoms with Crippen LogP contribution in [0.5, 0.6) is 0 Å². The van der Waals surface area contributed by atoms with Crippen LogP contribution in [0.2, 0.25) is 0 Å². The Morgan fingerprint density at radius 1 is 1.32 bits per heavy atom. The van der Waals surface area contributed by atoms with E-state index in [1.165, 1.54) is 23.8 Å². The maximum Gasteiger partial charge on any atom is 0.323 e. The van der Waals surface area contributed by atoms with Gasteiger partial charge in [0.2, 0.25) is 0 Å². The molecule has 0 radical (unpaired) electrons. The molecule has 1 aromatic rings. The summed E-state index contributed by atoms with van der Waals surface area (Å²) in [5.74, 6) is -0.270. The van der Waals surface area contributed by atoms with Crippen LogP contribution in [0.3, 0.4) is 0 Å². The van der Waals surface area contributed by atoms with Gasteiger partial charge in [0.15, 0.2) is 0 Å². The van der Waals surface area contributed by atoms with Crippen LogP contribution in [0, 0.1) is 19.3 Å². The quantitative estimate of drug-likeness (QED) is 0.847. The molecule has 3 aliphatic rings.